The van der Waals surface area contributed by atoms with Gasteiger partial charge in [0, 0.05) is 5.56 Å². The van der Waals surface area contributed by atoms with E-state index in [0.717, 1.165) is 0 Å². The molecule has 0 aromatic heterocycles. The van der Waals surface area contributed by atoms with E-state index in [1.54, 1.807) is 26.8 Å². The number of hydrogen-bond acceptors (Lipinski definition) is 5. The first kappa shape index (κ1) is 15.7. The van der Waals surface area contributed by atoms with Crippen LogP contribution in [0.2, 0.25) is 0 Å². The van der Waals surface area contributed by atoms with E-state index >= 15 is 0 Å². The number of ether oxygens (including phenoxy) is 1. The van der Waals surface area contributed by atoms with Gasteiger partial charge in [-0.15, -0.1) is 0 Å². The molecule has 1 heterocycles. The van der Waals surface area contributed by atoms with Crippen LogP contribution in [0.4, 0.5) is 9.18 Å². The van der Waals surface area contributed by atoms with Crippen molar-refractivity contribution in [2.75, 3.05) is 6.61 Å². The van der Waals surface area contributed by atoms with Gasteiger partial charge in [0.15, 0.2) is 0 Å². The fraction of sp³-hybridized carbons (Fsp3) is 0.462. The molecule has 21 heavy (non-hydrogen) atoms. The molecule has 1 aliphatic rings. The van der Waals surface area contributed by atoms with Crippen molar-refractivity contribution in [3.63, 3.8) is 0 Å². The number of hydrogen-bond donors (Lipinski definition) is 0. The lowest BCUT2D eigenvalue weighted by Crippen LogP contribution is -2.39. The highest BCUT2D eigenvalue weighted by Gasteiger charge is 2.46. The SMILES string of the molecule is CC(C)(C)OC(=O)N1[C@H](c2ccccc2F)COS1(=O)=O. The highest BCUT2D eigenvalue weighted by atomic mass is 32.2. The van der Waals surface area contributed by atoms with Crippen LogP contribution in [0.1, 0.15) is 32.4 Å². The summed E-state index contributed by atoms with van der Waals surface area (Å²) in [7, 11) is -4.28. The van der Waals surface area contributed by atoms with E-state index in [9.17, 15) is 17.6 Å². The van der Waals surface area contributed by atoms with Crippen LogP contribution in [-0.2, 0) is 19.2 Å². The molecule has 1 aliphatic heterocycles. The Morgan fingerprint density at radius 1 is 1.38 bits per heavy atom. The zero-order valence-electron chi connectivity index (χ0n) is 11.9. The van der Waals surface area contributed by atoms with Crippen molar-refractivity contribution in [2.24, 2.45) is 0 Å². The van der Waals surface area contributed by atoms with Crippen LogP contribution >= 0.6 is 0 Å². The van der Waals surface area contributed by atoms with Crippen molar-refractivity contribution in [3.05, 3.63) is 35.6 Å². The van der Waals surface area contributed by atoms with E-state index in [1.165, 1.54) is 18.2 Å². The second kappa shape index (κ2) is 5.27. The lowest BCUT2D eigenvalue weighted by molar-refractivity contribution is 0.0354. The van der Waals surface area contributed by atoms with Crippen LogP contribution in [0.5, 0.6) is 0 Å². The summed E-state index contributed by atoms with van der Waals surface area (Å²) < 4.78 is 47.7. The standard InChI is InChI=1S/C13H16FNO5S/c1-13(2,3)20-12(16)15-11(8-19-21(15,17)18)9-6-4-5-7-10(9)14/h4-7,11H,8H2,1-3H3/t11-/m0/s1. The first-order valence-corrected chi connectivity index (χ1v) is 7.64. The molecule has 1 aromatic carbocycles. The molecule has 2 rings (SSSR count). The van der Waals surface area contributed by atoms with Crippen molar-refractivity contribution >= 4 is 16.4 Å². The third-order valence-corrected chi connectivity index (χ3v) is 4.06. The van der Waals surface area contributed by atoms with Gasteiger partial charge in [0.2, 0.25) is 0 Å². The lowest BCUT2D eigenvalue weighted by Gasteiger charge is -2.26. The van der Waals surface area contributed by atoms with Gasteiger partial charge in [-0.1, -0.05) is 18.2 Å². The number of halogens is 1. The van der Waals surface area contributed by atoms with Gasteiger partial charge in [-0.3, -0.25) is 4.18 Å². The van der Waals surface area contributed by atoms with Crippen LogP contribution in [0.25, 0.3) is 0 Å². The van der Waals surface area contributed by atoms with Crippen molar-refractivity contribution in [3.8, 4) is 0 Å². The number of nitrogens with zero attached hydrogens (tertiary/aromatic N) is 1. The minimum atomic E-state index is -4.28. The smallest absolute Gasteiger partial charge is 0.426 e. The zero-order valence-corrected chi connectivity index (χ0v) is 12.7. The van der Waals surface area contributed by atoms with E-state index in [4.69, 9.17) is 4.74 Å². The molecule has 1 saturated heterocycles. The van der Waals surface area contributed by atoms with Gasteiger partial charge in [-0.2, -0.15) is 12.7 Å². The Labute approximate surface area is 122 Å². The summed E-state index contributed by atoms with van der Waals surface area (Å²) in [5.74, 6) is -0.614. The maximum Gasteiger partial charge on any atom is 0.426 e. The van der Waals surface area contributed by atoms with E-state index in [-0.39, 0.29) is 12.2 Å². The Balaban J connectivity index is 2.39. The highest BCUT2D eigenvalue weighted by Crippen LogP contribution is 2.34. The summed E-state index contributed by atoms with van der Waals surface area (Å²) in [4.78, 5) is 12.1. The third kappa shape index (κ3) is 3.33. The van der Waals surface area contributed by atoms with Crippen molar-refractivity contribution < 1.29 is 26.5 Å². The fourth-order valence-electron chi connectivity index (χ4n) is 1.92. The van der Waals surface area contributed by atoms with E-state index < -0.39 is 33.9 Å². The molecule has 0 radical (unpaired) electrons. The Morgan fingerprint density at radius 2 is 2.00 bits per heavy atom. The second-order valence-corrected chi connectivity index (χ2v) is 7.04. The highest BCUT2D eigenvalue weighted by molar-refractivity contribution is 7.85. The molecule has 6 nitrogen and oxygen atoms in total. The number of benzene rings is 1. The van der Waals surface area contributed by atoms with E-state index in [0.29, 0.717) is 4.31 Å². The zero-order chi connectivity index (χ0) is 15.8. The molecule has 1 amide bonds. The summed E-state index contributed by atoms with van der Waals surface area (Å²) in [5, 5.41) is 0. The molecule has 1 atom stereocenters. The topological polar surface area (TPSA) is 72.9 Å². The molecule has 8 heteroatoms. The number of rotatable bonds is 1. The van der Waals surface area contributed by atoms with Crippen LogP contribution in [0, 0.1) is 5.82 Å². The molecule has 0 N–H and O–H groups in total. The van der Waals surface area contributed by atoms with Crippen LogP contribution in [0.3, 0.4) is 0 Å². The molecule has 0 unspecified atom stereocenters. The Kier molecular flexibility index (Phi) is 3.94. The van der Waals surface area contributed by atoms with Crippen LogP contribution < -0.4 is 0 Å². The minimum absolute atomic E-state index is 0.0597. The van der Waals surface area contributed by atoms with Gasteiger partial charge in [0.05, 0.1) is 6.61 Å². The molecule has 1 fully saturated rings. The van der Waals surface area contributed by atoms with Crippen molar-refractivity contribution in [2.45, 2.75) is 32.4 Å². The van der Waals surface area contributed by atoms with Crippen molar-refractivity contribution in [1.29, 1.82) is 0 Å². The van der Waals surface area contributed by atoms with Gasteiger partial charge in [0.25, 0.3) is 0 Å². The van der Waals surface area contributed by atoms with Gasteiger partial charge in [-0.25, -0.2) is 9.18 Å². The summed E-state index contributed by atoms with van der Waals surface area (Å²) in [6.07, 6.45) is -1.09. The molecular formula is C13H16FNO5S. The maximum absolute atomic E-state index is 13.8. The number of carbonyl (C=O) groups excluding carboxylic acids is 1. The third-order valence-electron chi connectivity index (χ3n) is 2.74. The van der Waals surface area contributed by atoms with Crippen molar-refractivity contribution in [1.82, 2.24) is 4.31 Å². The van der Waals surface area contributed by atoms with Gasteiger partial charge in [-0.05, 0) is 26.8 Å². The van der Waals surface area contributed by atoms with Gasteiger partial charge in [0.1, 0.15) is 17.5 Å². The van der Waals surface area contributed by atoms with Crippen LogP contribution in [0.15, 0.2) is 24.3 Å². The molecule has 1 aromatic rings. The second-order valence-electron chi connectivity index (χ2n) is 5.56. The summed E-state index contributed by atoms with van der Waals surface area (Å²) in [5.41, 5.74) is -0.820. The predicted octanol–water partition coefficient (Wildman–Crippen LogP) is 2.38. The Hall–Kier alpha value is -1.67. The first-order chi connectivity index (χ1) is 9.62. The van der Waals surface area contributed by atoms with E-state index in [2.05, 4.69) is 4.18 Å². The first-order valence-electron chi connectivity index (χ1n) is 6.28. The molecule has 0 saturated carbocycles. The monoisotopic (exact) mass is 317 g/mol. The summed E-state index contributed by atoms with van der Waals surface area (Å²) in [6.45, 7) is 4.47. The van der Waals surface area contributed by atoms with Crippen LogP contribution in [-0.4, -0.2) is 31.0 Å². The fourth-order valence-corrected chi connectivity index (χ4v) is 3.04. The Bertz CT molecular complexity index is 653. The minimum Gasteiger partial charge on any atom is -0.443 e. The molecule has 0 spiro atoms. The molecule has 0 aliphatic carbocycles. The maximum atomic E-state index is 13.8. The number of amides is 1. The average Bonchev–Trinajstić information content (AvgIpc) is 2.63. The quantitative estimate of drug-likeness (QED) is 0.795. The predicted molar refractivity (Wildman–Crippen MR) is 72.1 cm³/mol. The van der Waals surface area contributed by atoms with Gasteiger partial charge >= 0.3 is 16.4 Å². The molecule has 0 bridgehead atoms. The van der Waals surface area contributed by atoms with Gasteiger partial charge < -0.3 is 4.74 Å². The summed E-state index contributed by atoms with van der Waals surface area (Å²) in [6, 6.07) is 4.54. The number of carbonyl (C=O) groups is 1. The summed E-state index contributed by atoms with van der Waals surface area (Å²) >= 11 is 0. The lowest BCUT2D eigenvalue weighted by atomic mass is 10.1. The molecule has 116 valence electrons. The normalized spacial score (nSPS) is 21.3. The molecular weight excluding hydrogens is 301 g/mol. The van der Waals surface area contributed by atoms with E-state index in [1.807, 2.05) is 0 Å². The Morgan fingerprint density at radius 3 is 2.57 bits per heavy atom. The largest absolute Gasteiger partial charge is 0.443 e. The average molecular weight is 317 g/mol.